The van der Waals surface area contributed by atoms with Gasteiger partial charge in [0, 0.05) is 24.4 Å². The van der Waals surface area contributed by atoms with Crippen LogP contribution in [-0.4, -0.2) is 26.9 Å². The van der Waals surface area contributed by atoms with E-state index in [0.29, 0.717) is 30.0 Å². The van der Waals surface area contributed by atoms with E-state index in [2.05, 4.69) is 5.32 Å². The summed E-state index contributed by atoms with van der Waals surface area (Å²) in [4.78, 5) is 12.1. The summed E-state index contributed by atoms with van der Waals surface area (Å²) < 4.78 is 26.9. The number of amides is 1. The highest BCUT2D eigenvalue weighted by Gasteiger charge is 2.34. The van der Waals surface area contributed by atoms with Gasteiger partial charge in [0.25, 0.3) is 10.0 Å². The summed E-state index contributed by atoms with van der Waals surface area (Å²) in [5.74, 6) is -0.0488. The number of hydrogen-bond donors (Lipinski definition) is 1. The van der Waals surface area contributed by atoms with Crippen LogP contribution in [0.2, 0.25) is 0 Å². The zero-order chi connectivity index (χ0) is 16.6. The first-order chi connectivity index (χ1) is 10.9. The van der Waals surface area contributed by atoms with Gasteiger partial charge in [0.05, 0.1) is 10.6 Å². The highest BCUT2D eigenvalue weighted by atomic mass is 32.2. The fourth-order valence-electron chi connectivity index (χ4n) is 2.98. The van der Waals surface area contributed by atoms with Crippen molar-refractivity contribution in [2.45, 2.75) is 37.6 Å². The maximum Gasteiger partial charge on any atom is 0.265 e. The monoisotopic (exact) mass is 332 g/mol. The van der Waals surface area contributed by atoms with E-state index in [1.807, 2.05) is 38.1 Å². The van der Waals surface area contributed by atoms with Gasteiger partial charge in [-0.1, -0.05) is 24.3 Å². The Morgan fingerprint density at radius 3 is 2.57 bits per heavy atom. The second-order valence-electron chi connectivity index (χ2n) is 6.03. The van der Waals surface area contributed by atoms with Crippen molar-refractivity contribution in [3.05, 3.63) is 36.4 Å². The molecule has 2 aromatic carbocycles. The van der Waals surface area contributed by atoms with Crippen LogP contribution in [-0.2, 0) is 14.8 Å². The second kappa shape index (κ2) is 5.85. The Labute approximate surface area is 136 Å². The summed E-state index contributed by atoms with van der Waals surface area (Å²) in [6.45, 7) is 4.11. The zero-order valence-corrected chi connectivity index (χ0v) is 14.1. The quantitative estimate of drug-likeness (QED) is 0.915. The molecular formula is C17H20N2O3S. The lowest BCUT2D eigenvalue weighted by atomic mass is 10.1. The van der Waals surface area contributed by atoms with Crippen molar-refractivity contribution < 1.29 is 13.2 Å². The molecule has 122 valence electrons. The molecule has 2 aromatic rings. The maximum absolute atomic E-state index is 12.7. The van der Waals surface area contributed by atoms with E-state index in [1.165, 1.54) is 4.31 Å². The highest BCUT2D eigenvalue weighted by molar-refractivity contribution is 7.93. The first-order valence-electron chi connectivity index (χ1n) is 7.75. The van der Waals surface area contributed by atoms with Crippen molar-refractivity contribution in [1.29, 1.82) is 0 Å². The fraction of sp³-hybridized carbons (Fsp3) is 0.353. The zero-order valence-electron chi connectivity index (χ0n) is 13.2. The minimum Gasteiger partial charge on any atom is -0.354 e. The van der Waals surface area contributed by atoms with Crippen molar-refractivity contribution in [3.8, 4) is 0 Å². The van der Waals surface area contributed by atoms with E-state index in [0.717, 1.165) is 10.8 Å². The first kappa shape index (κ1) is 15.8. The van der Waals surface area contributed by atoms with Crippen LogP contribution in [0, 0.1) is 0 Å². The molecule has 1 aliphatic heterocycles. The molecule has 23 heavy (non-hydrogen) atoms. The molecule has 1 heterocycles. The van der Waals surface area contributed by atoms with Crippen molar-refractivity contribution >= 4 is 32.4 Å². The van der Waals surface area contributed by atoms with E-state index < -0.39 is 10.0 Å². The number of benzene rings is 2. The number of carbonyl (C=O) groups excluding carboxylic acids is 1. The molecule has 0 radical (unpaired) electrons. The molecule has 6 heteroatoms. The van der Waals surface area contributed by atoms with Crippen LogP contribution in [0.15, 0.2) is 41.3 Å². The number of carbonyl (C=O) groups is 1. The molecule has 3 rings (SSSR count). The summed E-state index contributed by atoms with van der Waals surface area (Å²) in [5.41, 5.74) is 0.711. The standard InChI is InChI=1S/C17H20N2O3S/c1-12(2)18-16(20)10-5-11-19-14-8-3-6-13-7-4-9-15(17(13)14)23(19,21)22/h3-4,6-9,12H,5,10-11H2,1-2H3,(H,18,20). The number of anilines is 1. The molecule has 5 nitrogen and oxygen atoms in total. The molecule has 0 bridgehead atoms. The van der Waals surface area contributed by atoms with E-state index in [1.54, 1.807) is 12.1 Å². The predicted octanol–water partition coefficient (Wildman–Crippen LogP) is 2.65. The van der Waals surface area contributed by atoms with Crippen LogP contribution in [0.5, 0.6) is 0 Å². The van der Waals surface area contributed by atoms with Gasteiger partial charge in [-0.3, -0.25) is 9.10 Å². The molecule has 1 amide bonds. The normalized spacial score (nSPS) is 15.3. The lowest BCUT2D eigenvalue weighted by molar-refractivity contribution is -0.121. The number of nitrogens with zero attached hydrogens (tertiary/aromatic N) is 1. The van der Waals surface area contributed by atoms with Crippen LogP contribution < -0.4 is 9.62 Å². The van der Waals surface area contributed by atoms with Gasteiger partial charge in [-0.25, -0.2) is 8.42 Å². The molecule has 0 spiro atoms. The first-order valence-corrected chi connectivity index (χ1v) is 9.19. The molecule has 0 fully saturated rings. The average Bonchev–Trinajstić information content (AvgIpc) is 2.70. The summed E-state index contributed by atoms with van der Waals surface area (Å²) >= 11 is 0. The largest absolute Gasteiger partial charge is 0.354 e. The van der Waals surface area contributed by atoms with E-state index >= 15 is 0 Å². The van der Waals surface area contributed by atoms with Crippen LogP contribution in [0.1, 0.15) is 26.7 Å². The Morgan fingerprint density at radius 1 is 1.17 bits per heavy atom. The van der Waals surface area contributed by atoms with E-state index in [4.69, 9.17) is 0 Å². The Hall–Kier alpha value is -2.08. The van der Waals surface area contributed by atoms with E-state index in [9.17, 15) is 13.2 Å². The van der Waals surface area contributed by atoms with Crippen LogP contribution >= 0.6 is 0 Å². The van der Waals surface area contributed by atoms with E-state index in [-0.39, 0.29) is 11.9 Å². The third kappa shape index (κ3) is 2.79. The predicted molar refractivity (Wildman–Crippen MR) is 91.0 cm³/mol. The molecule has 0 aliphatic carbocycles. The fourth-order valence-corrected chi connectivity index (χ4v) is 4.73. The summed E-state index contributed by atoms with van der Waals surface area (Å²) in [6, 6.07) is 11.0. The Kier molecular flexibility index (Phi) is 4.02. The maximum atomic E-state index is 12.7. The molecule has 1 N–H and O–H groups in total. The van der Waals surface area contributed by atoms with Gasteiger partial charge in [0.2, 0.25) is 5.91 Å². The van der Waals surface area contributed by atoms with Gasteiger partial charge in [-0.05, 0) is 37.8 Å². The minimum absolute atomic E-state index is 0.0488. The van der Waals surface area contributed by atoms with Crippen molar-refractivity contribution in [3.63, 3.8) is 0 Å². The summed E-state index contributed by atoms with van der Waals surface area (Å²) in [7, 11) is -3.52. The second-order valence-corrected chi connectivity index (χ2v) is 7.87. The highest BCUT2D eigenvalue weighted by Crippen LogP contribution is 2.41. The molecule has 0 aromatic heterocycles. The molecule has 0 saturated carbocycles. The SMILES string of the molecule is CC(C)NC(=O)CCCN1c2cccc3cccc(c23)S1(=O)=O. The van der Waals surface area contributed by atoms with Crippen molar-refractivity contribution in [2.24, 2.45) is 0 Å². The number of hydrogen-bond acceptors (Lipinski definition) is 3. The Balaban J connectivity index is 1.82. The van der Waals surface area contributed by atoms with Crippen LogP contribution in [0.25, 0.3) is 10.8 Å². The van der Waals surface area contributed by atoms with Gasteiger partial charge in [-0.2, -0.15) is 0 Å². The van der Waals surface area contributed by atoms with Crippen LogP contribution in [0.3, 0.4) is 0 Å². The van der Waals surface area contributed by atoms with Crippen molar-refractivity contribution in [2.75, 3.05) is 10.8 Å². The van der Waals surface area contributed by atoms with Gasteiger partial charge >= 0.3 is 0 Å². The third-order valence-electron chi connectivity index (χ3n) is 3.90. The Morgan fingerprint density at radius 2 is 1.87 bits per heavy atom. The molecule has 0 atom stereocenters. The topological polar surface area (TPSA) is 66.5 Å². The minimum atomic E-state index is -3.52. The lowest BCUT2D eigenvalue weighted by Crippen LogP contribution is -2.32. The average molecular weight is 332 g/mol. The van der Waals surface area contributed by atoms with Crippen LogP contribution in [0.4, 0.5) is 5.69 Å². The lowest BCUT2D eigenvalue weighted by Gasteiger charge is -2.18. The van der Waals surface area contributed by atoms with Gasteiger partial charge in [0.15, 0.2) is 0 Å². The molecule has 0 saturated heterocycles. The molecular weight excluding hydrogens is 312 g/mol. The molecule has 1 aliphatic rings. The van der Waals surface area contributed by atoms with Gasteiger partial charge in [0.1, 0.15) is 0 Å². The summed E-state index contributed by atoms with van der Waals surface area (Å²) in [5, 5.41) is 4.52. The molecule has 0 unspecified atom stereocenters. The number of rotatable bonds is 5. The number of nitrogens with one attached hydrogen (secondary N) is 1. The van der Waals surface area contributed by atoms with Gasteiger partial charge < -0.3 is 5.32 Å². The van der Waals surface area contributed by atoms with Gasteiger partial charge in [-0.15, -0.1) is 0 Å². The third-order valence-corrected chi connectivity index (χ3v) is 5.75. The smallest absolute Gasteiger partial charge is 0.265 e. The number of sulfonamides is 1. The van der Waals surface area contributed by atoms with Crippen molar-refractivity contribution in [1.82, 2.24) is 5.32 Å². The summed E-state index contributed by atoms with van der Waals surface area (Å²) in [6.07, 6.45) is 0.804. The Bertz CT molecular complexity index is 854.